The quantitative estimate of drug-likeness (QED) is 0.718. The van der Waals surface area contributed by atoms with Gasteiger partial charge >= 0.3 is 0 Å². The lowest BCUT2D eigenvalue weighted by molar-refractivity contribution is -0.109. The fraction of sp³-hybridized carbons (Fsp3) is 0.364. The predicted octanol–water partition coefficient (Wildman–Crippen LogP) is 1.93. The maximum absolute atomic E-state index is 10.2. The van der Waals surface area contributed by atoms with Gasteiger partial charge in [0.2, 0.25) is 0 Å². The van der Waals surface area contributed by atoms with Crippen LogP contribution in [0.1, 0.15) is 29.2 Å². The van der Waals surface area contributed by atoms with Crippen molar-refractivity contribution in [3.05, 3.63) is 34.9 Å². The molecular weight excluding hydrogens is 164 g/mol. The van der Waals surface area contributed by atoms with Gasteiger partial charge in [0.15, 0.2) is 0 Å². The lowest BCUT2D eigenvalue weighted by atomic mass is 10.0. The first-order valence-electron chi connectivity index (χ1n) is 4.33. The van der Waals surface area contributed by atoms with Crippen LogP contribution in [0.15, 0.2) is 18.2 Å². The van der Waals surface area contributed by atoms with E-state index in [1.54, 1.807) is 0 Å². The molecule has 0 amide bonds. The Labute approximate surface area is 78.2 Å². The first-order chi connectivity index (χ1) is 6.13. The number of aliphatic hydroxyl groups is 1. The first kappa shape index (κ1) is 9.93. The molecule has 2 nitrogen and oxygen atoms in total. The van der Waals surface area contributed by atoms with Crippen LogP contribution < -0.4 is 0 Å². The topological polar surface area (TPSA) is 37.3 Å². The van der Waals surface area contributed by atoms with E-state index in [4.69, 9.17) is 0 Å². The highest BCUT2D eigenvalue weighted by molar-refractivity contribution is 5.51. The van der Waals surface area contributed by atoms with Gasteiger partial charge in [-0.1, -0.05) is 29.3 Å². The van der Waals surface area contributed by atoms with E-state index < -0.39 is 6.10 Å². The van der Waals surface area contributed by atoms with Crippen molar-refractivity contribution in [2.75, 3.05) is 0 Å². The SMILES string of the molecule is Cc1cc(C)cc(C(O)CC=O)c1. The van der Waals surface area contributed by atoms with Gasteiger partial charge < -0.3 is 9.90 Å². The van der Waals surface area contributed by atoms with Crippen molar-refractivity contribution in [1.82, 2.24) is 0 Å². The molecule has 0 radical (unpaired) electrons. The highest BCUT2D eigenvalue weighted by Crippen LogP contribution is 2.18. The lowest BCUT2D eigenvalue weighted by Gasteiger charge is -2.09. The minimum Gasteiger partial charge on any atom is -0.388 e. The van der Waals surface area contributed by atoms with Gasteiger partial charge in [-0.3, -0.25) is 0 Å². The zero-order valence-electron chi connectivity index (χ0n) is 7.95. The lowest BCUT2D eigenvalue weighted by Crippen LogP contribution is -1.98. The number of aliphatic hydroxyl groups excluding tert-OH is 1. The van der Waals surface area contributed by atoms with Crippen LogP contribution in [0.4, 0.5) is 0 Å². The van der Waals surface area contributed by atoms with E-state index in [-0.39, 0.29) is 6.42 Å². The molecule has 1 N–H and O–H groups in total. The van der Waals surface area contributed by atoms with Crippen LogP contribution in [0.25, 0.3) is 0 Å². The zero-order valence-corrected chi connectivity index (χ0v) is 7.95. The molecule has 1 rings (SSSR count). The van der Waals surface area contributed by atoms with Gasteiger partial charge in [-0.15, -0.1) is 0 Å². The molecule has 0 aromatic heterocycles. The van der Waals surface area contributed by atoms with Gasteiger partial charge in [0.1, 0.15) is 6.29 Å². The van der Waals surface area contributed by atoms with Crippen molar-refractivity contribution < 1.29 is 9.90 Å². The highest BCUT2D eigenvalue weighted by Gasteiger charge is 2.06. The molecule has 1 aromatic carbocycles. The molecule has 0 fully saturated rings. The van der Waals surface area contributed by atoms with Crippen molar-refractivity contribution in [2.45, 2.75) is 26.4 Å². The van der Waals surface area contributed by atoms with Crippen molar-refractivity contribution in [1.29, 1.82) is 0 Å². The molecule has 0 saturated carbocycles. The zero-order chi connectivity index (χ0) is 9.84. The van der Waals surface area contributed by atoms with E-state index >= 15 is 0 Å². The number of aryl methyl sites for hydroxylation is 2. The van der Waals surface area contributed by atoms with Crippen LogP contribution in [-0.2, 0) is 4.79 Å². The molecule has 0 spiro atoms. The molecule has 70 valence electrons. The van der Waals surface area contributed by atoms with Gasteiger partial charge in [0.05, 0.1) is 6.10 Å². The van der Waals surface area contributed by atoms with Gasteiger partial charge in [0.25, 0.3) is 0 Å². The fourth-order valence-corrected chi connectivity index (χ4v) is 1.43. The van der Waals surface area contributed by atoms with Gasteiger partial charge in [-0.2, -0.15) is 0 Å². The number of hydrogen-bond acceptors (Lipinski definition) is 2. The molecule has 0 aliphatic carbocycles. The third kappa shape index (κ3) is 2.67. The van der Waals surface area contributed by atoms with E-state index in [1.165, 1.54) is 0 Å². The number of carbonyl (C=O) groups is 1. The fourth-order valence-electron chi connectivity index (χ4n) is 1.43. The summed E-state index contributed by atoms with van der Waals surface area (Å²) >= 11 is 0. The average molecular weight is 178 g/mol. The minimum absolute atomic E-state index is 0.170. The molecule has 0 aliphatic rings. The Morgan fingerprint density at radius 3 is 2.31 bits per heavy atom. The number of aldehydes is 1. The van der Waals surface area contributed by atoms with Crippen LogP contribution in [0.3, 0.4) is 0 Å². The Kier molecular flexibility index (Phi) is 3.20. The Bertz CT molecular complexity index is 285. The molecule has 2 heteroatoms. The monoisotopic (exact) mass is 178 g/mol. The van der Waals surface area contributed by atoms with Crippen LogP contribution in [0.5, 0.6) is 0 Å². The number of hydrogen-bond donors (Lipinski definition) is 1. The van der Waals surface area contributed by atoms with Crippen molar-refractivity contribution >= 4 is 6.29 Å². The van der Waals surface area contributed by atoms with E-state index in [1.807, 2.05) is 32.0 Å². The largest absolute Gasteiger partial charge is 0.388 e. The normalized spacial score (nSPS) is 12.5. The van der Waals surface area contributed by atoms with Gasteiger partial charge in [-0.25, -0.2) is 0 Å². The number of benzene rings is 1. The summed E-state index contributed by atoms with van der Waals surface area (Å²) < 4.78 is 0. The molecule has 0 heterocycles. The second kappa shape index (κ2) is 4.19. The maximum atomic E-state index is 10.2. The van der Waals surface area contributed by atoms with E-state index in [0.717, 1.165) is 23.0 Å². The third-order valence-electron chi connectivity index (χ3n) is 1.95. The summed E-state index contributed by atoms with van der Waals surface area (Å²) in [6.45, 7) is 3.95. The summed E-state index contributed by atoms with van der Waals surface area (Å²) in [5.41, 5.74) is 3.05. The third-order valence-corrected chi connectivity index (χ3v) is 1.95. The van der Waals surface area contributed by atoms with E-state index in [9.17, 15) is 9.90 Å². The Morgan fingerprint density at radius 1 is 1.31 bits per heavy atom. The predicted molar refractivity (Wildman–Crippen MR) is 51.6 cm³/mol. The summed E-state index contributed by atoms with van der Waals surface area (Å²) in [6, 6.07) is 5.85. The molecule has 1 atom stereocenters. The summed E-state index contributed by atoms with van der Waals surface area (Å²) in [7, 11) is 0. The molecule has 0 saturated heterocycles. The molecule has 13 heavy (non-hydrogen) atoms. The highest BCUT2D eigenvalue weighted by atomic mass is 16.3. The van der Waals surface area contributed by atoms with E-state index in [0.29, 0.717) is 0 Å². The standard InChI is InChI=1S/C11H14O2/c1-8-5-9(2)7-10(6-8)11(13)3-4-12/h4-7,11,13H,3H2,1-2H3. The Balaban J connectivity index is 2.93. The molecule has 0 aliphatic heterocycles. The summed E-state index contributed by atoms with van der Waals surface area (Å²) in [5, 5.41) is 9.54. The molecule has 1 unspecified atom stereocenters. The average Bonchev–Trinajstić information content (AvgIpc) is 2.03. The number of rotatable bonds is 3. The molecular formula is C11H14O2. The van der Waals surface area contributed by atoms with Crippen molar-refractivity contribution in [3.63, 3.8) is 0 Å². The Morgan fingerprint density at radius 2 is 1.85 bits per heavy atom. The van der Waals surface area contributed by atoms with Crippen molar-refractivity contribution in [2.24, 2.45) is 0 Å². The Hall–Kier alpha value is -1.15. The minimum atomic E-state index is -0.656. The number of carbonyl (C=O) groups excluding carboxylic acids is 1. The molecule has 0 bridgehead atoms. The second-order valence-corrected chi connectivity index (χ2v) is 3.34. The van der Waals surface area contributed by atoms with E-state index in [2.05, 4.69) is 0 Å². The van der Waals surface area contributed by atoms with Gasteiger partial charge in [0, 0.05) is 6.42 Å². The summed E-state index contributed by atoms with van der Waals surface area (Å²) in [4.78, 5) is 10.2. The smallest absolute Gasteiger partial charge is 0.122 e. The summed E-state index contributed by atoms with van der Waals surface area (Å²) in [6.07, 6.45) is 0.252. The van der Waals surface area contributed by atoms with Crippen LogP contribution in [-0.4, -0.2) is 11.4 Å². The van der Waals surface area contributed by atoms with Crippen LogP contribution in [0.2, 0.25) is 0 Å². The van der Waals surface area contributed by atoms with Gasteiger partial charge in [-0.05, 0) is 19.4 Å². The second-order valence-electron chi connectivity index (χ2n) is 3.34. The summed E-state index contributed by atoms with van der Waals surface area (Å²) in [5.74, 6) is 0. The first-order valence-corrected chi connectivity index (χ1v) is 4.33. The molecule has 1 aromatic rings. The van der Waals surface area contributed by atoms with Crippen LogP contribution in [0, 0.1) is 13.8 Å². The maximum Gasteiger partial charge on any atom is 0.122 e. The van der Waals surface area contributed by atoms with Crippen molar-refractivity contribution in [3.8, 4) is 0 Å². The van der Waals surface area contributed by atoms with Crippen LogP contribution >= 0.6 is 0 Å².